The van der Waals surface area contributed by atoms with Crippen LogP contribution in [0.1, 0.15) is 47.0 Å². The Morgan fingerprint density at radius 2 is 1.38 bits per heavy atom. The highest BCUT2D eigenvalue weighted by molar-refractivity contribution is 9.10. The molecule has 2 aromatic rings. The van der Waals surface area contributed by atoms with E-state index in [1.165, 1.54) is 13.8 Å². The number of carbonyl (C=O) groups excluding carboxylic acids is 3. The molecule has 0 aliphatic carbocycles. The highest BCUT2D eigenvalue weighted by Gasteiger charge is 2.15. The van der Waals surface area contributed by atoms with Crippen molar-refractivity contribution in [2.24, 2.45) is 0 Å². The Morgan fingerprint density at radius 3 is 1.88 bits per heavy atom. The van der Waals surface area contributed by atoms with Crippen LogP contribution in [0.3, 0.4) is 0 Å². The zero-order valence-corrected chi connectivity index (χ0v) is 18.1. The molecule has 0 spiro atoms. The fourth-order valence-electron chi connectivity index (χ4n) is 2.15. The predicted molar refractivity (Wildman–Crippen MR) is 108 cm³/mol. The summed E-state index contributed by atoms with van der Waals surface area (Å²) < 4.78 is 1.68. The fraction of sp³-hybridized carbons (Fsp3) is 0.250. The monoisotopic (exact) mass is 482 g/mol. The van der Waals surface area contributed by atoms with E-state index in [4.69, 9.17) is 0 Å². The first-order chi connectivity index (χ1) is 12.0. The number of aryl methyl sites for hydroxylation is 2. The quantitative estimate of drug-likeness (QED) is 0.495. The Bertz CT molecular complexity index is 844. The van der Waals surface area contributed by atoms with E-state index in [1.54, 1.807) is 18.2 Å². The number of ketones is 3. The molecule has 0 aliphatic heterocycles. The number of halogens is 2. The molecule has 0 aromatic heterocycles. The maximum absolute atomic E-state index is 11.3. The Labute approximate surface area is 169 Å². The van der Waals surface area contributed by atoms with E-state index in [1.807, 2.05) is 32.0 Å². The smallest absolute Gasteiger partial charge is 0.228 e. The van der Waals surface area contributed by atoms with Crippen LogP contribution in [-0.2, 0) is 9.59 Å². The minimum Gasteiger partial charge on any atom is -0.381 e. The lowest BCUT2D eigenvalue weighted by molar-refractivity contribution is -0.125. The van der Waals surface area contributed by atoms with Crippen LogP contribution in [0.4, 0.5) is 0 Å². The van der Waals surface area contributed by atoms with Crippen LogP contribution in [0.2, 0.25) is 0 Å². The van der Waals surface area contributed by atoms with Gasteiger partial charge in [-0.2, -0.15) is 0 Å². The van der Waals surface area contributed by atoms with Crippen LogP contribution in [0.15, 0.2) is 45.3 Å². The molecule has 2 rings (SSSR count). The van der Waals surface area contributed by atoms with Gasteiger partial charge in [-0.1, -0.05) is 44.0 Å². The van der Waals surface area contributed by atoms with Gasteiger partial charge in [0.25, 0.3) is 0 Å². The highest BCUT2D eigenvalue weighted by Crippen LogP contribution is 2.22. The topological polar surface area (TPSA) is 71.4 Å². The zero-order valence-electron chi connectivity index (χ0n) is 15.0. The highest BCUT2D eigenvalue weighted by atomic mass is 79.9. The molecule has 1 unspecified atom stereocenters. The van der Waals surface area contributed by atoms with E-state index in [0.29, 0.717) is 11.1 Å². The summed E-state index contributed by atoms with van der Waals surface area (Å²) in [7, 11) is 0. The van der Waals surface area contributed by atoms with Crippen molar-refractivity contribution in [2.75, 3.05) is 0 Å². The molecule has 0 bridgehead atoms. The number of hydrogen-bond donors (Lipinski definition) is 1. The van der Waals surface area contributed by atoms with Crippen molar-refractivity contribution in [1.82, 2.24) is 0 Å². The first kappa shape index (κ1) is 22.4. The van der Waals surface area contributed by atoms with E-state index < -0.39 is 17.7 Å². The van der Waals surface area contributed by atoms with Crippen LogP contribution in [-0.4, -0.2) is 22.5 Å². The van der Waals surface area contributed by atoms with Crippen molar-refractivity contribution >= 4 is 49.2 Å². The summed E-state index contributed by atoms with van der Waals surface area (Å²) in [5.74, 6) is -1.10. The normalized spacial score (nSPS) is 11.2. The summed E-state index contributed by atoms with van der Waals surface area (Å²) in [5, 5.41) is 9.53. The molecule has 4 nitrogen and oxygen atoms in total. The van der Waals surface area contributed by atoms with E-state index in [0.717, 1.165) is 20.1 Å². The summed E-state index contributed by atoms with van der Waals surface area (Å²) in [6.07, 6.45) is -1.00. The van der Waals surface area contributed by atoms with Gasteiger partial charge < -0.3 is 5.11 Å². The fourth-order valence-corrected chi connectivity index (χ4v) is 2.89. The first-order valence-electron chi connectivity index (χ1n) is 7.80. The lowest BCUT2D eigenvalue weighted by atomic mass is 10.0. The molecule has 6 heteroatoms. The maximum atomic E-state index is 11.3. The molecule has 0 saturated heterocycles. The maximum Gasteiger partial charge on any atom is 0.228 e. The number of aliphatic hydroxyl groups is 1. The number of rotatable bonds is 4. The Balaban J connectivity index is 0.000000260. The van der Waals surface area contributed by atoms with Gasteiger partial charge in [-0.3, -0.25) is 14.4 Å². The van der Waals surface area contributed by atoms with E-state index in [2.05, 4.69) is 31.9 Å². The second kappa shape index (κ2) is 9.90. The van der Waals surface area contributed by atoms with Gasteiger partial charge in [0.2, 0.25) is 5.78 Å². The Hall–Kier alpha value is -1.63. The molecule has 26 heavy (non-hydrogen) atoms. The zero-order chi connectivity index (χ0) is 20.0. The number of benzene rings is 2. The second-order valence-corrected chi connectivity index (χ2v) is 7.69. The number of aliphatic hydroxyl groups excluding tert-OH is 1. The van der Waals surface area contributed by atoms with Gasteiger partial charge >= 0.3 is 0 Å². The number of hydrogen-bond acceptors (Lipinski definition) is 4. The largest absolute Gasteiger partial charge is 0.381 e. The summed E-state index contributed by atoms with van der Waals surface area (Å²) in [6.45, 7) is 6.34. The van der Waals surface area contributed by atoms with Crippen LogP contribution < -0.4 is 0 Å². The van der Waals surface area contributed by atoms with E-state index in [9.17, 15) is 19.5 Å². The first-order valence-corrected chi connectivity index (χ1v) is 9.39. The second-order valence-electron chi connectivity index (χ2n) is 5.86. The number of carbonyl (C=O) groups is 3. The summed E-state index contributed by atoms with van der Waals surface area (Å²) in [6, 6.07) is 10.8. The van der Waals surface area contributed by atoms with Crippen LogP contribution in [0.25, 0.3) is 0 Å². The third-order valence-electron chi connectivity index (χ3n) is 3.68. The van der Waals surface area contributed by atoms with Gasteiger partial charge in [-0.15, -0.1) is 0 Å². The van der Waals surface area contributed by atoms with E-state index in [-0.39, 0.29) is 5.78 Å². The van der Waals surface area contributed by atoms with Crippen molar-refractivity contribution in [3.05, 3.63) is 67.6 Å². The molecule has 0 amide bonds. The number of Topliss-reactive ketones (excluding diaryl/α,β-unsaturated/α-hetero) is 3. The molecular weight excluding hydrogens is 464 g/mol. The molecule has 0 heterocycles. The van der Waals surface area contributed by atoms with Gasteiger partial charge in [0.1, 0.15) is 6.10 Å². The SMILES string of the molecule is CC(=O)C(=O)c1cc(Br)ccc1C.CC(=O)C(O)c1cc(Br)ccc1C. The Kier molecular flexibility index (Phi) is 8.53. The molecule has 2 aromatic carbocycles. The standard InChI is InChI=1S/C10H11BrO2.C10H9BrO2/c2*1-6-3-4-8(11)5-9(6)10(13)7(2)12/h3-5,10,13H,1-2H3;3-5H,1-2H3. The van der Waals surface area contributed by atoms with Gasteiger partial charge in [0.05, 0.1) is 0 Å². The predicted octanol–water partition coefficient (Wildman–Crippen LogP) is 4.91. The van der Waals surface area contributed by atoms with Crippen LogP contribution in [0.5, 0.6) is 0 Å². The lowest BCUT2D eigenvalue weighted by Gasteiger charge is -2.10. The van der Waals surface area contributed by atoms with Crippen molar-refractivity contribution in [2.45, 2.75) is 33.8 Å². The minimum atomic E-state index is -1.00. The molecule has 0 saturated carbocycles. The van der Waals surface area contributed by atoms with Gasteiger partial charge in [0, 0.05) is 21.4 Å². The molecule has 0 fully saturated rings. The molecule has 1 N–H and O–H groups in total. The average molecular weight is 484 g/mol. The Morgan fingerprint density at radius 1 is 0.885 bits per heavy atom. The van der Waals surface area contributed by atoms with Gasteiger partial charge in [-0.25, -0.2) is 0 Å². The summed E-state index contributed by atoms with van der Waals surface area (Å²) in [4.78, 5) is 33.1. The lowest BCUT2D eigenvalue weighted by Crippen LogP contribution is -2.11. The van der Waals surface area contributed by atoms with Gasteiger partial charge in [0.15, 0.2) is 11.6 Å². The van der Waals surface area contributed by atoms with Gasteiger partial charge in [-0.05, 0) is 61.7 Å². The van der Waals surface area contributed by atoms with Crippen LogP contribution >= 0.6 is 31.9 Å². The average Bonchev–Trinajstić information content (AvgIpc) is 2.58. The van der Waals surface area contributed by atoms with Crippen LogP contribution in [0, 0.1) is 13.8 Å². The molecular formula is C20H20Br2O4. The van der Waals surface area contributed by atoms with Crippen molar-refractivity contribution < 1.29 is 19.5 Å². The van der Waals surface area contributed by atoms with E-state index >= 15 is 0 Å². The summed E-state index contributed by atoms with van der Waals surface area (Å²) >= 11 is 6.54. The molecule has 138 valence electrons. The molecule has 1 atom stereocenters. The summed E-state index contributed by atoms with van der Waals surface area (Å²) in [5.41, 5.74) is 2.89. The minimum absolute atomic E-state index is 0.235. The third-order valence-corrected chi connectivity index (χ3v) is 4.67. The molecule has 0 aliphatic rings. The van der Waals surface area contributed by atoms with Crippen molar-refractivity contribution in [1.29, 1.82) is 0 Å². The third kappa shape index (κ3) is 6.27. The molecule has 0 radical (unpaired) electrons. The van der Waals surface area contributed by atoms with Crippen molar-refractivity contribution in [3.8, 4) is 0 Å². The van der Waals surface area contributed by atoms with Crippen molar-refractivity contribution in [3.63, 3.8) is 0 Å².